The average molecular weight is 284 g/mol. The monoisotopic (exact) mass is 284 g/mol. The van der Waals surface area contributed by atoms with Crippen LogP contribution < -0.4 is 11.1 Å². The summed E-state index contributed by atoms with van der Waals surface area (Å²) in [6.45, 7) is 4.39. The summed E-state index contributed by atoms with van der Waals surface area (Å²) in [5, 5.41) is 12.3. The quantitative estimate of drug-likeness (QED) is 0.665. The van der Waals surface area contributed by atoms with Gasteiger partial charge in [-0.1, -0.05) is 26.7 Å². The van der Waals surface area contributed by atoms with E-state index in [0.717, 1.165) is 25.7 Å². The lowest BCUT2D eigenvalue weighted by Crippen LogP contribution is -2.58. The first-order valence-electron chi connectivity index (χ1n) is 7.74. The third-order valence-corrected chi connectivity index (χ3v) is 4.60. The number of hydrogen-bond acceptors (Lipinski definition) is 3. The van der Waals surface area contributed by atoms with E-state index in [1.54, 1.807) is 0 Å². The van der Waals surface area contributed by atoms with Crippen molar-refractivity contribution in [2.75, 3.05) is 6.54 Å². The molecule has 20 heavy (non-hydrogen) atoms. The van der Waals surface area contributed by atoms with E-state index in [1.807, 2.05) is 6.92 Å². The molecule has 1 rings (SSSR count). The van der Waals surface area contributed by atoms with Crippen molar-refractivity contribution in [3.63, 3.8) is 0 Å². The molecule has 1 fully saturated rings. The summed E-state index contributed by atoms with van der Waals surface area (Å²) in [7, 11) is 0. The van der Waals surface area contributed by atoms with Gasteiger partial charge in [-0.2, -0.15) is 0 Å². The number of amides is 1. The lowest BCUT2D eigenvalue weighted by Gasteiger charge is -2.38. The first-order valence-corrected chi connectivity index (χ1v) is 7.74. The number of carbonyl (C=O) groups is 2. The first-order chi connectivity index (χ1) is 9.49. The van der Waals surface area contributed by atoms with E-state index < -0.39 is 11.5 Å². The summed E-state index contributed by atoms with van der Waals surface area (Å²) in [6, 6.07) is 0. The Morgan fingerprint density at radius 1 is 1.35 bits per heavy atom. The minimum absolute atomic E-state index is 0.202. The van der Waals surface area contributed by atoms with Crippen LogP contribution in [0.3, 0.4) is 0 Å². The van der Waals surface area contributed by atoms with Crippen molar-refractivity contribution in [3.8, 4) is 0 Å². The molecule has 116 valence electrons. The molecule has 0 aromatic carbocycles. The zero-order valence-electron chi connectivity index (χ0n) is 12.7. The van der Waals surface area contributed by atoms with Crippen LogP contribution in [0.25, 0.3) is 0 Å². The van der Waals surface area contributed by atoms with Gasteiger partial charge in [0.15, 0.2) is 0 Å². The Bertz CT molecular complexity index is 336. The number of carboxylic acids is 1. The zero-order chi connectivity index (χ0) is 15.2. The van der Waals surface area contributed by atoms with Crippen LogP contribution in [0.1, 0.15) is 58.8 Å². The van der Waals surface area contributed by atoms with Crippen LogP contribution in [0.2, 0.25) is 0 Å². The number of carbonyl (C=O) groups excluding carboxylic acids is 1. The topological polar surface area (TPSA) is 92.4 Å². The fourth-order valence-corrected chi connectivity index (χ4v) is 3.01. The highest BCUT2D eigenvalue weighted by Crippen LogP contribution is 2.34. The standard InChI is InChI=1S/C15H28N2O3/c1-3-5-12(10-16)13(18)17-15(14(19)20)8-6-11(4-2)7-9-15/h11-12H,3-10,16H2,1-2H3,(H,17,18)(H,19,20). The minimum atomic E-state index is -1.08. The van der Waals surface area contributed by atoms with Crippen LogP contribution in [0.15, 0.2) is 0 Å². The third kappa shape index (κ3) is 3.95. The molecule has 0 bridgehead atoms. The van der Waals surface area contributed by atoms with E-state index in [4.69, 9.17) is 5.73 Å². The number of carboxylic acid groups (broad SMARTS) is 1. The van der Waals surface area contributed by atoms with Gasteiger partial charge in [0.05, 0.1) is 5.92 Å². The molecule has 1 saturated carbocycles. The van der Waals surface area contributed by atoms with Gasteiger partial charge >= 0.3 is 5.97 Å². The molecule has 0 aliphatic heterocycles. The second kappa shape index (κ2) is 7.62. The normalized spacial score (nSPS) is 27.9. The highest BCUT2D eigenvalue weighted by Gasteiger charge is 2.43. The average Bonchev–Trinajstić information content (AvgIpc) is 2.45. The number of nitrogens with one attached hydrogen (secondary N) is 1. The van der Waals surface area contributed by atoms with Crippen molar-refractivity contribution in [2.24, 2.45) is 17.6 Å². The first kappa shape index (κ1) is 17.0. The van der Waals surface area contributed by atoms with Crippen LogP contribution in [0.5, 0.6) is 0 Å². The molecule has 1 aliphatic carbocycles. The predicted molar refractivity (Wildman–Crippen MR) is 78.2 cm³/mol. The molecule has 1 amide bonds. The molecular formula is C15H28N2O3. The molecule has 0 saturated heterocycles. The Morgan fingerprint density at radius 2 is 1.95 bits per heavy atom. The van der Waals surface area contributed by atoms with Gasteiger partial charge in [0, 0.05) is 6.54 Å². The summed E-state index contributed by atoms with van der Waals surface area (Å²) in [5.74, 6) is -0.806. The molecule has 0 aromatic heterocycles. The van der Waals surface area contributed by atoms with Crippen molar-refractivity contribution in [1.29, 1.82) is 0 Å². The smallest absolute Gasteiger partial charge is 0.329 e. The molecule has 0 heterocycles. The maximum absolute atomic E-state index is 12.2. The van der Waals surface area contributed by atoms with Gasteiger partial charge in [0.1, 0.15) is 5.54 Å². The Hall–Kier alpha value is -1.10. The highest BCUT2D eigenvalue weighted by atomic mass is 16.4. The van der Waals surface area contributed by atoms with E-state index in [1.165, 1.54) is 0 Å². The van der Waals surface area contributed by atoms with Gasteiger partial charge in [-0.15, -0.1) is 0 Å². The van der Waals surface area contributed by atoms with Gasteiger partial charge in [-0.25, -0.2) is 4.79 Å². The second-order valence-corrected chi connectivity index (χ2v) is 5.95. The Balaban J connectivity index is 2.73. The summed E-state index contributed by atoms with van der Waals surface area (Å²) in [5.41, 5.74) is 4.54. The SMILES string of the molecule is CCCC(CN)C(=O)NC1(C(=O)O)CCC(CC)CC1. The maximum atomic E-state index is 12.2. The van der Waals surface area contributed by atoms with Gasteiger partial charge in [0.2, 0.25) is 5.91 Å². The van der Waals surface area contributed by atoms with Gasteiger partial charge in [0.25, 0.3) is 0 Å². The molecule has 1 unspecified atom stereocenters. The lowest BCUT2D eigenvalue weighted by molar-refractivity contribution is -0.150. The summed E-state index contributed by atoms with van der Waals surface area (Å²) in [4.78, 5) is 23.9. The van der Waals surface area contributed by atoms with E-state index >= 15 is 0 Å². The Morgan fingerprint density at radius 3 is 2.35 bits per heavy atom. The molecule has 5 heteroatoms. The van der Waals surface area contributed by atoms with Gasteiger partial charge in [-0.05, 0) is 38.0 Å². The van der Waals surface area contributed by atoms with E-state index in [9.17, 15) is 14.7 Å². The van der Waals surface area contributed by atoms with E-state index in [0.29, 0.717) is 25.2 Å². The van der Waals surface area contributed by atoms with Crippen molar-refractivity contribution in [3.05, 3.63) is 0 Å². The molecule has 4 N–H and O–H groups in total. The van der Waals surface area contributed by atoms with Crippen molar-refractivity contribution >= 4 is 11.9 Å². The van der Waals surface area contributed by atoms with E-state index in [2.05, 4.69) is 12.2 Å². The van der Waals surface area contributed by atoms with Crippen LogP contribution >= 0.6 is 0 Å². The molecule has 0 radical (unpaired) electrons. The molecule has 5 nitrogen and oxygen atoms in total. The number of aliphatic carboxylic acids is 1. The number of nitrogens with two attached hydrogens (primary N) is 1. The number of rotatable bonds is 7. The molecular weight excluding hydrogens is 256 g/mol. The third-order valence-electron chi connectivity index (χ3n) is 4.60. The molecule has 1 atom stereocenters. The predicted octanol–water partition coefficient (Wildman–Crippen LogP) is 1.90. The van der Waals surface area contributed by atoms with Gasteiger partial charge < -0.3 is 16.2 Å². The Kier molecular flexibility index (Phi) is 6.46. The fourth-order valence-electron chi connectivity index (χ4n) is 3.01. The molecule has 0 aromatic rings. The minimum Gasteiger partial charge on any atom is -0.480 e. The summed E-state index contributed by atoms with van der Waals surface area (Å²) < 4.78 is 0. The number of hydrogen-bond donors (Lipinski definition) is 3. The van der Waals surface area contributed by atoms with Crippen LogP contribution in [-0.2, 0) is 9.59 Å². The molecule has 0 spiro atoms. The van der Waals surface area contributed by atoms with Crippen molar-refractivity contribution < 1.29 is 14.7 Å². The van der Waals surface area contributed by atoms with Crippen molar-refractivity contribution in [2.45, 2.75) is 64.3 Å². The second-order valence-electron chi connectivity index (χ2n) is 5.95. The summed E-state index contributed by atoms with van der Waals surface area (Å²) >= 11 is 0. The van der Waals surface area contributed by atoms with Crippen molar-refractivity contribution in [1.82, 2.24) is 5.32 Å². The fraction of sp³-hybridized carbons (Fsp3) is 0.867. The van der Waals surface area contributed by atoms with Crippen LogP contribution in [0.4, 0.5) is 0 Å². The Labute approximate surface area is 121 Å². The largest absolute Gasteiger partial charge is 0.480 e. The maximum Gasteiger partial charge on any atom is 0.329 e. The van der Waals surface area contributed by atoms with Crippen LogP contribution in [-0.4, -0.2) is 29.1 Å². The van der Waals surface area contributed by atoms with Gasteiger partial charge in [-0.3, -0.25) is 4.79 Å². The van der Waals surface area contributed by atoms with E-state index in [-0.39, 0.29) is 18.4 Å². The van der Waals surface area contributed by atoms with Crippen LogP contribution in [0, 0.1) is 11.8 Å². The molecule has 1 aliphatic rings. The lowest BCUT2D eigenvalue weighted by atomic mass is 9.75. The zero-order valence-corrected chi connectivity index (χ0v) is 12.7. The summed E-state index contributed by atoms with van der Waals surface area (Å²) in [6.07, 6.45) is 5.42. The highest BCUT2D eigenvalue weighted by molar-refractivity contribution is 5.88.